The number of benzene rings is 2. The summed E-state index contributed by atoms with van der Waals surface area (Å²) in [6.07, 6.45) is -0.341. The molecule has 0 spiro atoms. The lowest BCUT2D eigenvalue weighted by Crippen LogP contribution is -2.37. The van der Waals surface area contributed by atoms with Crippen LogP contribution in [0, 0.1) is 0 Å². The molecule has 1 aliphatic heterocycles. The number of hydrogen-bond acceptors (Lipinski definition) is 3. The third kappa shape index (κ3) is 4.23. The first-order valence-electron chi connectivity index (χ1n) is 8.81. The summed E-state index contributed by atoms with van der Waals surface area (Å²) in [5, 5.41) is 2.90. The van der Waals surface area contributed by atoms with Gasteiger partial charge in [-0.05, 0) is 23.1 Å². The summed E-state index contributed by atoms with van der Waals surface area (Å²) < 4.78 is 5.37. The number of hydrogen-bond donors (Lipinski definition) is 1. The van der Waals surface area contributed by atoms with Crippen molar-refractivity contribution in [2.45, 2.75) is 31.8 Å². The van der Waals surface area contributed by atoms with Gasteiger partial charge in [-0.2, -0.15) is 0 Å². The molecule has 1 aliphatic rings. The van der Waals surface area contributed by atoms with Gasteiger partial charge < -0.3 is 10.1 Å². The summed E-state index contributed by atoms with van der Waals surface area (Å²) in [5.74, 6) is -0.0481. The molecule has 136 valence electrons. The first-order valence-corrected chi connectivity index (χ1v) is 8.81. The number of nitrogens with one attached hydrogen (secondary N) is 1. The highest BCUT2D eigenvalue weighted by molar-refractivity contribution is 5.89. The maximum atomic E-state index is 12.4. The topological polar surface area (TPSA) is 58.6 Å². The van der Waals surface area contributed by atoms with Crippen molar-refractivity contribution >= 4 is 17.7 Å². The highest BCUT2D eigenvalue weighted by Gasteiger charge is 2.33. The Hall–Kier alpha value is -2.82. The van der Waals surface area contributed by atoms with E-state index >= 15 is 0 Å². The molecule has 0 radical (unpaired) electrons. The number of cyclic esters (lactones) is 1. The van der Waals surface area contributed by atoms with E-state index < -0.39 is 0 Å². The average Bonchev–Trinajstić information content (AvgIpc) is 3.02. The summed E-state index contributed by atoms with van der Waals surface area (Å²) in [5.41, 5.74) is 1.67. The summed E-state index contributed by atoms with van der Waals surface area (Å²) in [6.45, 7) is 4.85. The van der Waals surface area contributed by atoms with Crippen molar-refractivity contribution in [3.8, 4) is 0 Å². The second kappa shape index (κ2) is 7.60. The minimum Gasteiger partial charge on any atom is -0.442 e. The second-order valence-electron chi connectivity index (χ2n) is 7.18. The summed E-state index contributed by atoms with van der Waals surface area (Å²) in [6, 6.07) is 19.4. The number of ether oxygens (including phenoxy) is 1. The molecule has 1 N–H and O–H groups in total. The van der Waals surface area contributed by atoms with Gasteiger partial charge in [0.1, 0.15) is 6.10 Å². The van der Waals surface area contributed by atoms with Crippen molar-refractivity contribution < 1.29 is 14.3 Å². The van der Waals surface area contributed by atoms with Crippen molar-refractivity contribution in [2.75, 3.05) is 18.0 Å². The lowest BCUT2D eigenvalue weighted by atomic mass is 9.81. The largest absolute Gasteiger partial charge is 0.442 e. The lowest BCUT2D eigenvalue weighted by Gasteiger charge is -2.24. The van der Waals surface area contributed by atoms with Gasteiger partial charge in [0.05, 0.1) is 13.1 Å². The van der Waals surface area contributed by atoms with Crippen LogP contribution in [0.3, 0.4) is 0 Å². The zero-order chi connectivity index (χ0) is 18.6. The Balaban J connectivity index is 1.52. The standard InChI is InChI=1S/C21H24N2O3/c1-21(2,16-9-5-3-6-10-16)13-19(24)22-14-18-15-23(20(25)26-18)17-11-7-4-8-12-17/h3-12,18H,13-15H2,1-2H3,(H,22,24). The molecule has 5 heteroatoms. The van der Waals surface area contributed by atoms with E-state index in [2.05, 4.69) is 19.2 Å². The first-order chi connectivity index (χ1) is 12.5. The zero-order valence-electron chi connectivity index (χ0n) is 15.1. The number of rotatable bonds is 6. The minimum atomic E-state index is -0.375. The number of carbonyl (C=O) groups is 2. The smallest absolute Gasteiger partial charge is 0.414 e. The molecule has 0 saturated carbocycles. The molecule has 1 atom stereocenters. The number of anilines is 1. The minimum absolute atomic E-state index is 0.0481. The van der Waals surface area contributed by atoms with Crippen LogP contribution in [0.5, 0.6) is 0 Å². The number of nitrogens with zero attached hydrogens (tertiary/aromatic N) is 1. The molecule has 1 unspecified atom stereocenters. The van der Waals surface area contributed by atoms with E-state index in [1.807, 2.05) is 60.7 Å². The van der Waals surface area contributed by atoms with Gasteiger partial charge >= 0.3 is 6.09 Å². The molecule has 0 aromatic heterocycles. The fraction of sp³-hybridized carbons (Fsp3) is 0.333. The molecule has 26 heavy (non-hydrogen) atoms. The number of amides is 2. The fourth-order valence-corrected chi connectivity index (χ4v) is 3.13. The van der Waals surface area contributed by atoms with Crippen LogP contribution in [0.15, 0.2) is 60.7 Å². The van der Waals surface area contributed by atoms with Crippen molar-refractivity contribution in [3.05, 3.63) is 66.2 Å². The van der Waals surface area contributed by atoms with E-state index in [0.717, 1.165) is 11.3 Å². The summed E-state index contributed by atoms with van der Waals surface area (Å²) in [4.78, 5) is 26.0. The van der Waals surface area contributed by atoms with Gasteiger partial charge in [0, 0.05) is 12.1 Å². The van der Waals surface area contributed by atoms with E-state index in [9.17, 15) is 9.59 Å². The predicted molar refractivity (Wildman–Crippen MR) is 101 cm³/mol. The normalized spacial score (nSPS) is 17.1. The fourth-order valence-electron chi connectivity index (χ4n) is 3.13. The van der Waals surface area contributed by atoms with E-state index in [4.69, 9.17) is 4.74 Å². The molecule has 3 rings (SSSR count). The Labute approximate surface area is 154 Å². The molecule has 2 amide bonds. The van der Waals surface area contributed by atoms with E-state index in [0.29, 0.717) is 19.5 Å². The Kier molecular flexibility index (Phi) is 5.26. The third-order valence-electron chi connectivity index (χ3n) is 4.63. The lowest BCUT2D eigenvalue weighted by molar-refractivity contribution is -0.122. The van der Waals surface area contributed by atoms with Gasteiger partial charge in [-0.3, -0.25) is 9.69 Å². The van der Waals surface area contributed by atoms with E-state index in [1.54, 1.807) is 4.90 Å². The highest BCUT2D eigenvalue weighted by atomic mass is 16.6. The van der Waals surface area contributed by atoms with Crippen LogP contribution in [-0.2, 0) is 14.9 Å². The zero-order valence-corrected chi connectivity index (χ0v) is 15.1. The predicted octanol–water partition coefficient (Wildman–Crippen LogP) is 3.50. The van der Waals surface area contributed by atoms with Crippen molar-refractivity contribution in [3.63, 3.8) is 0 Å². The van der Waals surface area contributed by atoms with Gasteiger partial charge in [-0.25, -0.2) is 4.79 Å². The number of carbonyl (C=O) groups excluding carboxylic acids is 2. The van der Waals surface area contributed by atoms with Gasteiger partial charge in [0.2, 0.25) is 5.91 Å². The van der Waals surface area contributed by atoms with Crippen molar-refractivity contribution in [1.82, 2.24) is 5.32 Å². The van der Waals surface area contributed by atoms with Crippen LogP contribution < -0.4 is 10.2 Å². The molecule has 1 fully saturated rings. The van der Waals surface area contributed by atoms with Crippen LogP contribution in [0.4, 0.5) is 10.5 Å². The maximum absolute atomic E-state index is 12.4. The van der Waals surface area contributed by atoms with Crippen LogP contribution in [0.1, 0.15) is 25.8 Å². The quantitative estimate of drug-likeness (QED) is 0.866. The Bertz CT molecular complexity index is 759. The van der Waals surface area contributed by atoms with E-state index in [1.165, 1.54) is 0 Å². The monoisotopic (exact) mass is 352 g/mol. The average molecular weight is 352 g/mol. The third-order valence-corrected chi connectivity index (χ3v) is 4.63. The molecule has 1 saturated heterocycles. The molecule has 2 aromatic carbocycles. The summed E-state index contributed by atoms with van der Waals surface area (Å²) in [7, 11) is 0. The van der Waals surface area contributed by atoms with Crippen LogP contribution in [-0.4, -0.2) is 31.2 Å². The molecule has 2 aromatic rings. The SMILES string of the molecule is CC(C)(CC(=O)NCC1CN(c2ccccc2)C(=O)O1)c1ccccc1. The van der Waals surface area contributed by atoms with Crippen LogP contribution in [0.2, 0.25) is 0 Å². The molecular weight excluding hydrogens is 328 g/mol. The second-order valence-corrected chi connectivity index (χ2v) is 7.18. The summed E-state index contributed by atoms with van der Waals surface area (Å²) >= 11 is 0. The maximum Gasteiger partial charge on any atom is 0.414 e. The van der Waals surface area contributed by atoms with Gasteiger partial charge in [-0.15, -0.1) is 0 Å². The molecule has 0 bridgehead atoms. The Morgan fingerprint density at radius 3 is 2.38 bits per heavy atom. The van der Waals surface area contributed by atoms with Crippen molar-refractivity contribution in [2.24, 2.45) is 0 Å². The molecule has 0 aliphatic carbocycles. The Morgan fingerprint density at radius 1 is 1.12 bits per heavy atom. The van der Waals surface area contributed by atoms with Crippen LogP contribution in [0.25, 0.3) is 0 Å². The van der Waals surface area contributed by atoms with E-state index in [-0.39, 0.29) is 23.5 Å². The van der Waals surface area contributed by atoms with Gasteiger partial charge in [0.15, 0.2) is 0 Å². The molecule has 5 nitrogen and oxygen atoms in total. The first kappa shape index (κ1) is 18.0. The highest BCUT2D eigenvalue weighted by Crippen LogP contribution is 2.26. The van der Waals surface area contributed by atoms with Gasteiger partial charge in [0.25, 0.3) is 0 Å². The molecule has 1 heterocycles. The van der Waals surface area contributed by atoms with Crippen molar-refractivity contribution in [1.29, 1.82) is 0 Å². The molecular formula is C21H24N2O3. The Morgan fingerprint density at radius 2 is 1.73 bits per heavy atom. The van der Waals surface area contributed by atoms with Gasteiger partial charge in [-0.1, -0.05) is 62.4 Å². The number of para-hydroxylation sites is 1. The van der Waals surface area contributed by atoms with Crippen LogP contribution >= 0.6 is 0 Å².